The second-order valence-corrected chi connectivity index (χ2v) is 7.27. The minimum Gasteiger partial charge on any atom is -0.223 e. The Kier molecular flexibility index (Phi) is 6.12. The molecular weight excluding hydrogens is 260 g/mol. The molecule has 0 aliphatic rings. The van der Waals surface area contributed by atoms with Crippen molar-refractivity contribution in [1.29, 1.82) is 0 Å². The highest BCUT2D eigenvalue weighted by Crippen LogP contribution is 2.17. The molecule has 0 atom stereocenters. The largest absolute Gasteiger partial charge is 0.223 e. The summed E-state index contributed by atoms with van der Waals surface area (Å²) in [5, 5.41) is 0. The Hall–Kier alpha value is -1.14. The van der Waals surface area contributed by atoms with Crippen molar-refractivity contribution in [1.82, 2.24) is 0 Å². The molecule has 2 radical (unpaired) electrons. The Morgan fingerprint density at radius 3 is 1.71 bits per heavy atom. The zero-order chi connectivity index (χ0) is 13.5. The molecule has 0 amide bonds. The summed E-state index contributed by atoms with van der Waals surface area (Å²) >= 11 is 0. The van der Waals surface area contributed by atoms with Gasteiger partial charge in [0.15, 0.2) is 23.9 Å². The van der Waals surface area contributed by atoms with Crippen LogP contribution in [0.5, 0.6) is 0 Å². The fraction of sp³-hybridized carbons (Fsp3) is 0.182. The van der Waals surface area contributed by atoms with Crippen molar-refractivity contribution < 1.29 is 16.8 Å². The van der Waals surface area contributed by atoms with E-state index in [1.165, 1.54) is 0 Å². The molecule has 0 spiro atoms. The third kappa shape index (κ3) is 4.70. The van der Waals surface area contributed by atoms with Crippen molar-refractivity contribution >= 4 is 19.7 Å². The molecule has 0 saturated heterocycles. The third-order valence-corrected chi connectivity index (χ3v) is 6.00. The number of sulfone groups is 2. The number of hydrogen-bond acceptors (Lipinski definition) is 4. The highest BCUT2D eigenvalue weighted by molar-refractivity contribution is 8.14. The zero-order valence-electron chi connectivity index (χ0n) is 9.24. The smallest absolute Gasteiger partial charge is 0.192 e. The van der Waals surface area contributed by atoms with Gasteiger partial charge in [0.25, 0.3) is 0 Å². The topological polar surface area (TPSA) is 68.3 Å². The summed E-state index contributed by atoms with van der Waals surface area (Å²) in [6, 6.07) is 0. The first-order valence-corrected chi connectivity index (χ1v) is 7.88. The molecule has 6 heteroatoms. The maximum atomic E-state index is 11.7. The van der Waals surface area contributed by atoms with Crippen molar-refractivity contribution in [2.24, 2.45) is 0 Å². The Labute approximate surface area is 103 Å². The third-order valence-electron chi connectivity index (χ3n) is 1.63. The lowest BCUT2D eigenvalue weighted by Gasteiger charge is -2.06. The number of allylic oxidation sites excluding steroid dienone is 3. The van der Waals surface area contributed by atoms with Crippen molar-refractivity contribution in [3.8, 4) is 0 Å². The monoisotopic (exact) mass is 274 g/mol. The van der Waals surface area contributed by atoms with Gasteiger partial charge >= 0.3 is 0 Å². The van der Waals surface area contributed by atoms with E-state index in [4.69, 9.17) is 6.92 Å². The van der Waals surface area contributed by atoms with Gasteiger partial charge in [0.05, 0.1) is 11.5 Å². The van der Waals surface area contributed by atoms with Gasteiger partial charge in [0.1, 0.15) is 0 Å². The highest BCUT2D eigenvalue weighted by Gasteiger charge is 2.27. The molecule has 0 bridgehead atoms. The second kappa shape index (κ2) is 6.56. The lowest BCUT2D eigenvalue weighted by Crippen LogP contribution is -2.18. The van der Waals surface area contributed by atoms with Crippen LogP contribution >= 0.6 is 0 Å². The van der Waals surface area contributed by atoms with Gasteiger partial charge in [-0.1, -0.05) is 24.3 Å². The first-order chi connectivity index (χ1) is 7.81. The molecule has 0 aliphatic carbocycles. The predicted molar refractivity (Wildman–Crippen MR) is 69.5 cm³/mol. The fourth-order valence-corrected chi connectivity index (χ4v) is 4.49. The fourth-order valence-electron chi connectivity index (χ4n) is 1.01. The summed E-state index contributed by atoms with van der Waals surface area (Å²) in [6.07, 6.45) is 5.40. The second-order valence-electron chi connectivity index (χ2n) is 3.01. The molecule has 0 saturated carbocycles. The number of hydrogen-bond donors (Lipinski definition) is 0. The maximum Gasteiger partial charge on any atom is 0.192 e. The summed E-state index contributed by atoms with van der Waals surface area (Å²) in [5.74, 6) is -0.902. The lowest BCUT2D eigenvalue weighted by atomic mass is 10.5. The molecule has 0 aromatic carbocycles. The van der Waals surface area contributed by atoms with Gasteiger partial charge in [0.2, 0.25) is 0 Å². The van der Waals surface area contributed by atoms with E-state index in [0.717, 1.165) is 30.4 Å². The van der Waals surface area contributed by atoms with Gasteiger partial charge in [-0.3, -0.25) is 0 Å². The number of rotatable bonds is 7. The van der Waals surface area contributed by atoms with Crippen LogP contribution < -0.4 is 0 Å². The Bertz CT molecular complexity index is 492. The van der Waals surface area contributed by atoms with E-state index >= 15 is 0 Å². The van der Waals surface area contributed by atoms with Crippen LogP contribution in [0, 0.1) is 6.92 Å². The molecule has 0 aromatic rings. The average molecular weight is 274 g/mol. The Morgan fingerprint density at radius 1 is 1.00 bits per heavy atom. The lowest BCUT2D eigenvalue weighted by molar-refractivity contribution is 0.598. The summed E-state index contributed by atoms with van der Waals surface area (Å²) in [7, 11) is -7.85. The Balaban J connectivity index is 5.78. The molecule has 0 rings (SSSR count). The average Bonchev–Trinajstić information content (AvgIpc) is 2.17. The van der Waals surface area contributed by atoms with Crippen molar-refractivity contribution in [2.45, 2.75) is 0 Å². The first kappa shape index (κ1) is 15.9. The van der Waals surface area contributed by atoms with Gasteiger partial charge in [0, 0.05) is 0 Å². The summed E-state index contributed by atoms with van der Waals surface area (Å²) in [6.45, 7) is 11.6. The molecule has 0 unspecified atom stereocenters. The Morgan fingerprint density at radius 2 is 1.41 bits per heavy atom. The zero-order valence-corrected chi connectivity index (χ0v) is 10.9. The van der Waals surface area contributed by atoms with E-state index < -0.39 is 35.4 Å². The van der Waals surface area contributed by atoms with E-state index in [0.29, 0.717) is 0 Å². The van der Waals surface area contributed by atoms with Crippen LogP contribution in [0.1, 0.15) is 0 Å². The summed E-state index contributed by atoms with van der Waals surface area (Å²) in [5.41, 5.74) is 0. The molecule has 4 nitrogen and oxygen atoms in total. The van der Waals surface area contributed by atoms with Crippen molar-refractivity contribution in [3.05, 3.63) is 54.7 Å². The molecule has 0 heterocycles. The van der Waals surface area contributed by atoms with Crippen LogP contribution in [0.2, 0.25) is 0 Å². The summed E-state index contributed by atoms with van der Waals surface area (Å²) < 4.78 is 46.2. The molecule has 0 aromatic heterocycles. The first-order valence-electron chi connectivity index (χ1n) is 4.57. The van der Waals surface area contributed by atoms with Gasteiger partial charge < -0.3 is 0 Å². The van der Waals surface area contributed by atoms with E-state index in [-0.39, 0.29) is 0 Å². The van der Waals surface area contributed by atoms with Gasteiger partial charge in [-0.2, -0.15) is 0 Å². The molecular formula is C11H14O4S2. The van der Waals surface area contributed by atoms with Crippen molar-refractivity contribution in [3.63, 3.8) is 0 Å². The van der Waals surface area contributed by atoms with Crippen LogP contribution in [0.4, 0.5) is 0 Å². The van der Waals surface area contributed by atoms with Crippen LogP contribution in [0.15, 0.2) is 47.8 Å². The standard InChI is InChI=1S/C11H14O4S2/c1-4-7-8-11(16(12,13)9-5-2)17(14,15)10-6-3/h1,4-8H,2-3,9-10H2. The normalized spacial score (nSPS) is 12.3. The van der Waals surface area contributed by atoms with Gasteiger partial charge in [-0.15, -0.1) is 13.2 Å². The molecule has 94 valence electrons. The minimum atomic E-state index is -3.92. The van der Waals surface area contributed by atoms with Gasteiger partial charge in [-0.25, -0.2) is 16.8 Å². The van der Waals surface area contributed by atoms with Crippen LogP contribution in [-0.2, 0) is 19.7 Å². The quantitative estimate of drug-likeness (QED) is 0.518. The molecule has 17 heavy (non-hydrogen) atoms. The van der Waals surface area contributed by atoms with Crippen LogP contribution in [0.3, 0.4) is 0 Å². The summed E-state index contributed by atoms with van der Waals surface area (Å²) in [4.78, 5) is 0. The predicted octanol–water partition coefficient (Wildman–Crippen LogP) is 1.30. The van der Waals surface area contributed by atoms with E-state index in [2.05, 4.69) is 13.2 Å². The maximum absolute atomic E-state index is 11.7. The van der Waals surface area contributed by atoms with E-state index in [1.54, 1.807) is 0 Å². The molecule has 0 fully saturated rings. The van der Waals surface area contributed by atoms with Gasteiger partial charge in [-0.05, 0) is 13.0 Å². The molecule has 0 N–H and O–H groups in total. The SMILES string of the molecule is [CH]C=CC=C(S(=O)(=O)CC=C)S(=O)(=O)CC=C. The minimum absolute atomic E-state index is 0.451. The van der Waals surface area contributed by atoms with Crippen molar-refractivity contribution in [2.75, 3.05) is 11.5 Å². The molecule has 0 aliphatic heterocycles. The van der Waals surface area contributed by atoms with E-state index in [1.807, 2.05) is 0 Å². The highest BCUT2D eigenvalue weighted by atomic mass is 32.3. The van der Waals surface area contributed by atoms with Crippen LogP contribution in [-0.4, -0.2) is 28.3 Å². The van der Waals surface area contributed by atoms with E-state index in [9.17, 15) is 16.8 Å². The van der Waals surface area contributed by atoms with Crippen LogP contribution in [0.25, 0.3) is 0 Å².